The molecule has 0 aliphatic carbocycles. The molecule has 3 rings (SSSR count). The number of hydrogen-bond donors (Lipinski definition) is 1. The molecule has 1 fully saturated rings. The first-order chi connectivity index (χ1) is 8.28. The van der Waals surface area contributed by atoms with Crippen LogP contribution in [0.3, 0.4) is 0 Å². The second kappa shape index (κ2) is 4.37. The van der Waals surface area contributed by atoms with E-state index in [0.29, 0.717) is 12.0 Å². The van der Waals surface area contributed by atoms with Gasteiger partial charge in [-0.05, 0) is 49.1 Å². The predicted octanol–water partition coefficient (Wildman–Crippen LogP) is 2.25. The lowest BCUT2D eigenvalue weighted by Crippen LogP contribution is -2.20. The molecule has 2 aromatic rings. The highest BCUT2D eigenvalue weighted by atomic mass is 32.1. The molecular formula is C13H17N3S. The first-order valence-electron chi connectivity index (χ1n) is 6.02. The number of nitrogens with zero attached hydrogens (tertiary/aromatic N) is 2. The summed E-state index contributed by atoms with van der Waals surface area (Å²) in [6, 6.07) is 7.22. The van der Waals surface area contributed by atoms with E-state index in [0.717, 1.165) is 13.1 Å². The maximum Gasteiger partial charge on any atom is 0.0553 e. The van der Waals surface area contributed by atoms with Crippen molar-refractivity contribution in [2.45, 2.75) is 12.5 Å². The molecular weight excluding hydrogens is 230 g/mol. The minimum absolute atomic E-state index is 0.523. The normalized spacial score (nSPS) is 25.8. The number of fused-ring (bicyclic) bond motifs is 1. The van der Waals surface area contributed by atoms with Crippen LogP contribution in [-0.4, -0.2) is 29.4 Å². The van der Waals surface area contributed by atoms with Crippen molar-refractivity contribution in [2.24, 2.45) is 11.7 Å². The molecule has 1 aliphatic rings. The van der Waals surface area contributed by atoms with E-state index in [1.807, 2.05) is 6.20 Å². The molecule has 90 valence electrons. The number of benzene rings is 1. The van der Waals surface area contributed by atoms with Gasteiger partial charge in [0.15, 0.2) is 0 Å². The maximum atomic E-state index is 5.78. The number of rotatable bonds is 2. The molecule has 1 saturated heterocycles. The topological polar surface area (TPSA) is 42.1 Å². The Kier molecular flexibility index (Phi) is 2.86. The summed E-state index contributed by atoms with van der Waals surface area (Å²) in [4.78, 5) is 2.42. The van der Waals surface area contributed by atoms with Gasteiger partial charge in [0, 0.05) is 24.2 Å². The lowest BCUT2D eigenvalue weighted by Gasteiger charge is -2.19. The van der Waals surface area contributed by atoms with Gasteiger partial charge in [-0.15, -0.1) is 0 Å². The van der Waals surface area contributed by atoms with Gasteiger partial charge < -0.3 is 5.73 Å². The first-order valence-corrected chi connectivity index (χ1v) is 6.80. The van der Waals surface area contributed by atoms with E-state index in [9.17, 15) is 0 Å². The Bertz CT molecular complexity index is 522. The van der Waals surface area contributed by atoms with Crippen LogP contribution in [0.1, 0.15) is 18.0 Å². The van der Waals surface area contributed by atoms with Crippen molar-refractivity contribution in [1.29, 1.82) is 0 Å². The van der Waals surface area contributed by atoms with E-state index >= 15 is 0 Å². The van der Waals surface area contributed by atoms with Crippen LogP contribution >= 0.6 is 11.5 Å². The van der Waals surface area contributed by atoms with Gasteiger partial charge in [-0.25, -0.2) is 0 Å². The predicted molar refractivity (Wildman–Crippen MR) is 72.2 cm³/mol. The Morgan fingerprint density at radius 2 is 2.41 bits per heavy atom. The van der Waals surface area contributed by atoms with Crippen LogP contribution in [0, 0.1) is 5.92 Å². The quantitative estimate of drug-likeness (QED) is 0.885. The molecule has 4 heteroatoms. The van der Waals surface area contributed by atoms with Crippen molar-refractivity contribution in [3.05, 3.63) is 30.0 Å². The van der Waals surface area contributed by atoms with E-state index in [-0.39, 0.29) is 0 Å². The van der Waals surface area contributed by atoms with Gasteiger partial charge in [-0.3, -0.25) is 4.90 Å². The highest BCUT2D eigenvalue weighted by molar-refractivity contribution is 7.13. The van der Waals surface area contributed by atoms with Gasteiger partial charge in [-0.2, -0.15) is 4.37 Å². The lowest BCUT2D eigenvalue weighted by molar-refractivity contribution is 0.314. The third kappa shape index (κ3) is 1.97. The molecule has 0 spiro atoms. The Morgan fingerprint density at radius 3 is 3.18 bits per heavy atom. The zero-order valence-corrected chi connectivity index (χ0v) is 10.8. The number of hydrogen-bond acceptors (Lipinski definition) is 4. The van der Waals surface area contributed by atoms with Crippen molar-refractivity contribution >= 4 is 21.6 Å². The molecule has 0 amide bonds. The second-order valence-corrected chi connectivity index (χ2v) is 5.75. The largest absolute Gasteiger partial charge is 0.330 e. The van der Waals surface area contributed by atoms with Crippen molar-refractivity contribution in [2.75, 3.05) is 20.1 Å². The van der Waals surface area contributed by atoms with E-state index in [1.54, 1.807) is 11.5 Å². The average Bonchev–Trinajstić information content (AvgIpc) is 2.93. The molecule has 1 aromatic heterocycles. The summed E-state index contributed by atoms with van der Waals surface area (Å²) in [6.45, 7) is 1.91. The van der Waals surface area contributed by atoms with Crippen LogP contribution in [0.2, 0.25) is 0 Å². The minimum atomic E-state index is 0.523. The molecule has 1 aromatic carbocycles. The summed E-state index contributed by atoms with van der Waals surface area (Å²) in [5, 5.41) is 1.25. The SMILES string of the molecule is CN1CC(CN)CC1c1ccc2cnsc2c1. The van der Waals surface area contributed by atoms with Crippen LogP contribution in [0.25, 0.3) is 10.1 Å². The summed E-state index contributed by atoms with van der Waals surface area (Å²) in [5.74, 6) is 0.641. The van der Waals surface area contributed by atoms with E-state index in [4.69, 9.17) is 5.73 Å². The Labute approximate surface area is 105 Å². The third-order valence-corrected chi connectivity index (χ3v) is 4.49. The Balaban J connectivity index is 1.92. The maximum absolute atomic E-state index is 5.78. The van der Waals surface area contributed by atoms with Crippen molar-refractivity contribution in [3.8, 4) is 0 Å². The average molecular weight is 247 g/mol. The zero-order chi connectivity index (χ0) is 11.8. The molecule has 17 heavy (non-hydrogen) atoms. The molecule has 3 nitrogen and oxygen atoms in total. The van der Waals surface area contributed by atoms with Gasteiger partial charge in [0.05, 0.1) is 4.70 Å². The summed E-state index contributed by atoms with van der Waals surface area (Å²) < 4.78 is 5.51. The number of nitrogens with two attached hydrogens (primary N) is 1. The third-order valence-electron chi connectivity index (χ3n) is 3.73. The lowest BCUT2D eigenvalue weighted by atomic mass is 9.99. The molecule has 2 heterocycles. The van der Waals surface area contributed by atoms with Gasteiger partial charge in [0.25, 0.3) is 0 Å². The smallest absolute Gasteiger partial charge is 0.0553 e. The summed E-state index contributed by atoms with van der Waals surface area (Å²) in [5.41, 5.74) is 7.18. The molecule has 0 bridgehead atoms. The fraction of sp³-hybridized carbons (Fsp3) is 0.462. The Morgan fingerprint density at radius 1 is 1.53 bits per heavy atom. The fourth-order valence-electron chi connectivity index (χ4n) is 2.75. The van der Waals surface area contributed by atoms with Crippen LogP contribution in [-0.2, 0) is 0 Å². The monoisotopic (exact) mass is 247 g/mol. The zero-order valence-electron chi connectivity index (χ0n) is 9.97. The van der Waals surface area contributed by atoms with Gasteiger partial charge >= 0.3 is 0 Å². The summed E-state index contributed by atoms with van der Waals surface area (Å²) >= 11 is 1.57. The summed E-state index contributed by atoms with van der Waals surface area (Å²) in [6.07, 6.45) is 3.11. The van der Waals surface area contributed by atoms with Crippen molar-refractivity contribution in [3.63, 3.8) is 0 Å². The highest BCUT2D eigenvalue weighted by Gasteiger charge is 2.29. The first kappa shape index (κ1) is 11.1. The summed E-state index contributed by atoms with van der Waals surface area (Å²) in [7, 11) is 2.19. The van der Waals surface area contributed by atoms with E-state index in [1.165, 1.54) is 22.1 Å². The molecule has 0 radical (unpaired) electrons. The molecule has 1 aliphatic heterocycles. The highest BCUT2D eigenvalue weighted by Crippen LogP contribution is 2.35. The van der Waals surface area contributed by atoms with Crippen LogP contribution in [0.4, 0.5) is 0 Å². The van der Waals surface area contributed by atoms with Crippen LogP contribution in [0.15, 0.2) is 24.4 Å². The standard InChI is InChI=1S/C13H17N3S/c1-16-8-9(6-14)4-12(16)10-2-3-11-7-15-17-13(11)5-10/h2-3,5,7,9,12H,4,6,8,14H2,1H3. The molecule has 2 atom stereocenters. The molecule has 2 unspecified atom stereocenters. The minimum Gasteiger partial charge on any atom is -0.330 e. The number of aromatic nitrogens is 1. The van der Waals surface area contributed by atoms with E-state index < -0.39 is 0 Å². The molecule has 2 N–H and O–H groups in total. The van der Waals surface area contributed by atoms with Crippen LogP contribution in [0.5, 0.6) is 0 Å². The molecule has 0 saturated carbocycles. The van der Waals surface area contributed by atoms with Gasteiger partial charge in [0.2, 0.25) is 0 Å². The number of likely N-dealkylation sites (tertiary alicyclic amines) is 1. The van der Waals surface area contributed by atoms with Gasteiger partial charge in [-0.1, -0.05) is 12.1 Å². The second-order valence-electron chi connectivity index (χ2n) is 4.92. The fourth-order valence-corrected chi connectivity index (χ4v) is 3.44. The van der Waals surface area contributed by atoms with Crippen molar-refractivity contribution in [1.82, 2.24) is 9.27 Å². The van der Waals surface area contributed by atoms with Crippen LogP contribution < -0.4 is 5.73 Å². The Hall–Kier alpha value is -0.970. The van der Waals surface area contributed by atoms with Crippen molar-refractivity contribution < 1.29 is 0 Å². The van der Waals surface area contributed by atoms with Gasteiger partial charge in [0.1, 0.15) is 0 Å². The van der Waals surface area contributed by atoms with E-state index in [2.05, 4.69) is 34.5 Å².